The summed E-state index contributed by atoms with van der Waals surface area (Å²) in [7, 11) is 0. The Hall–Kier alpha value is -1.48. The van der Waals surface area contributed by atoms with E-state index in [0.717, 1.165) is 22.4 Å². The van der Waals surface area contributed by atoms with Crippen LogP contribution in [0, 0.1) is 6.92 Å². The van der Waals surface area contributed by atoms with Crippen LogP contribution in [0.4, 0.5) is 11.4 Å². The fourth-order valence-corrected chi connectivity index (χ4v) is 3.09. The topological polar surface area (TPSA) is 38.0 Å². The highest BCUT2D eigenvalue weighted by Crippen LogP contribution is 2.31. The van der Waals surface area contributed by atoms with Crippen LogP contribution in [0.1, 0.15) is 25.0 Å². The molecule has 0 saturated heterocycles. The molecule has 0 radical (unpaired) electrons. The van der Waals surface area contributed by atoms with Crippen LogP contribution < -0.4 is 11.1 Å². The van der Waals surface area contributed by atoms with Crippen molar-refractivity contribution in [2.75, 3.05) is 17.6 Å². The number of aryl methyl sites for hydroxylation is 1. The van der Waals surface area contributed by atoms with Gasteiger partial charge in [0, 0.05) is 16.4 Å². The first kappa shape index (κ1) is 14.9. The highest BCUT2D eigenvalue weighted by Gasteiger charge is 2.22. The molecule has 0 aliphatic carbocycles. The SMILES string of the molecule is Cc1ccc(NCC(C)(C)c2ccccc2Br)c(N)c1. The average molecular weight is 333 g/mol. The Morgan fingerprint density at radius 2 is 1.85 bits per heavy atom. The lowest BCUT2D eigenvalue weighted by molar-refractivity contribution is 0.554. The van der Waals surface area contributed by atoms with Crippen LogP contribution in [0.25, 0.3) is 0 Å². The molecule has 20 heavy (non-hydrogen) atoms. The summed E-state index contributed by atoms with van der Waals surface area (Å²) in [6.45, 7) is 7.32. The molecule has 0 saturated carbocycles. The standard InChI is InChI=1S/C17H21BrN2/c1-12-8-9-16(15(19)10-12)20-11-17(2,3)13-6-4-5-7-14(13)18/h4-10,20H,11,19H2,1-3H3. The van der Waals surface area contributed by atoms with Crippen LogP contribution in [-0.2, 0) is 5.41 Å². The Balaban J connectivity index is 2.15. The van der Waals surface area contributed by atoms with E-state index in [4.69, 9.17) is 5.73 Å². The van der Waals surface area contributed by atoms with E-state index < -0.39 is 0 Å². The molecule has 2 nitrogen and oxygen atoms in total. The van der Waals surface area contributed by atoms with E-state index in [2.05, 4.69) is 59.4 Å². The summed E-state index contributed by atoms with van der Waals surface area (Å²) >= 11 is 3.63. The third kappa shape index (κ3) is 3.34. The van der Waals surface area contributed by atoms with Gasteiger partial charge in [-0.2, -0.15) is 0 Å². The lowest BCUT2D eigenvalue weighted by Crippen LogP contribution is -2.28. The zero-order chi connectivity index (χ0) is 14.8. The van der Waals surface area contributed by atoms with Crippen LogP contribution in [0.3, 0.4) is 0 Å². The highest BCUT2D eigenvalue weighted by atomic mass is 79.9. The second-order valence-corrected chi connectivity index (χ2v) is 6.66. The van der Waals surface area contributed by atoms with Gasteiger partial charge in [-0.15, -0.1) is 0 Å². The molecule has 0 amide bonds. The van der Waals surface area contributed by atoms with Gasteiger partial charge in [0.25, 0.3) is 0 Å². The van der Waals surface area contributed by atoms with Gasteiger partial charge in [-0.05, 0) is 36.2 Å². The molecule has 3 N–H and O–H groups in total. The Bertz CT molecular complexity index is 606. The van der Waals surface area contributed by atoms with Gasteiger partial charge in [-0.25, -0.2) is 0 Å². The summed E-state index contributed by atoms with van der Waals surface area (Å²) in [6.07, 6.45) is 0. The van der Waals surface area contributed by atoms with Crippen molar-refractivity contribution in [2.45, 2.75) is 26.2 Å². The van der Waals surface area contributed by atoms with Crippen molar-refractivity contribution in [2.24, 2.45) is 0 Å². The third-order valence-corrected chi connectivity index (χ3v) is 4.22. The van der Waals surface area contributed by atoms with Crippen LogP contribution in [0.2, 0.25) is 0 Å². The summed E-state index contributed by atoms with van der Waals surface area (Å²) in [4.78, 5) is 0. The van der Waals surface area contributed by atoms with Gasteiger partial charge in [0.05, 0.1) is 11.4 Å². The maximum atomic E-state index is 6.05. The van der Waals surface area contributed by atoms with Gasteiger partial charge < -0.3 is 11.1 Å². The van der Waals surface area contributed by atoms with E-state index in [1.165, 1.54) is 11.1 Å². The van der Waals surface area contributed by atoms with Gasteiger partial charge >= 0.3 is 0 Å². The smallest absolute Gasteiger partial charge is 0.0574 e. The quantitative estimate of drug-likeness (QED) is 0.794. The summed E-state index contributed by atoms with van der Waals surface area (Å²) in [6, 6.07) is 14.5. The van der Waals surface area contributed by atoms with Crippen molar-refractivity contribution in [1.29, 1.82) is 0 Å². The van der Waals surface area contributed by atoms with Gasteiger partial charge in [-0.3, -0.25) is 0 Å². The van der Waals surface area contributed by atoms with E-state index in [9.17, 15) is 0 Å². The first-order valence-corrected chi connectivity index (χ1v) is 7.54. The molecule has 106 valence electrons. The molecule has 0 spiro atoms. The number of halogens is 1. The molecule has 0 fully saturated rings. The summed E-state index contributed by atoms with van der Waals surface area (Å²) in [5.74, 6) is 0. The number of anilines is 2. The molecular weight excluding hydrogens is 312 g/mol. The van der Waals surface area contributed by atoms with Gasteiger partial charge in [0.1, 0.15) is 0 Å². The van der Waals surface area contributed by atoms with E-state index >= 15 is 0 Å². The Morgan fingerprint density at radius 1 is 1.15 bits per heavy atom. The van der Waals surface area contributed by atoms with E-state index in [1.807, 2.05) is 25.1 Å². The number of hydrogen-bond acceptors (Lipinski definition) is 2. The number of hydrogen-bond donors (Lipinski definition) is 2. The first-order chi connectivity index (χ1) is 9.40. The molecule has 0 bridgehead atoms. The lowest BCUT2D eigenvalue weighted by atomic mass is 9.84. The maximum Gasteiger partial charge on any atom is 0.0574 e. The van der Waals surface area contributed by atoms with E-state index in [0.29, 0.717) is 0 Å². The molecule has 0 atom stereocenters. The van der Waals surface area contributed by atoms with Gasteiger partial charge in [0.15, 0.2) is 0 Å². The van der Waals surface area contributed by atoms with Gasteiger partial charge in [0.2, 0.25) is 0 Å². The molecule has 2 aromatic carbocycles. The first-order valence-electron chi connectivity index (χ1n) is 6.75. The number of rotatable bonds is 4. The van der Waals surface area contributed by atoms with Crippen molar-refractivity contribution >= 4 is 27.3 Å². The van der Waals surface area contributed by atoms with Crippen LogP contribution in [0.5, 0.6) is 0 Å². The van der Waals surface area contributed by atoms with Crippen LogP contribution in [0.15, 0.2) is 46.9 Å². The fraction of sp³-hybridized carbons (Fsp3) is 0.294. The van der Waals surface area contributed by atoms with E-state index in [1.54, 1.807) is 0 Å². The second-order valence-electron chi connectivity index (χ2n) is 5.81. The molecule has 3 heteroatoms. The predicted molar refractivity (Wildman–Crippen MR) is 91.2 cm³/mol. The molecule has 0 aliphatic heterocycles. The van der Waals surface area contributed by atoms with Crippen molar-refractivity contribution in [1.82, 2.24) is 0 Å². The third-order valence-electron chi connectivity index (χ3n) is 3.53. The van der Waals surface area contributed by atoms with Crippen molar-refractivity contribution in [3.63, 3.8) is 0 Å². The molecule has 0 aliphatic rings. The molecule has 2 aromatic rings. The molecule has 0 unspecified atom stereocenters. The normalized spacial score (nSPS) is 11.4. The van der Waals surface area contributed by atoms with Crippen molar-refractivity contribution in [3.05, 3.63) is 58.1 Å². The summed E-state index contributed by atoms with van der Waals surface area (Å²) in [5.41, 5.74) is 10.3. The molecule has 0 aromatic heterocycles. The molecule has 0 heterocycles. The van der Waals surface area contributed by atoms with Crippen LogP contribution >= 0.6 is 15.9 Å². The van der Waals surface area contributed by atoms with Gasteiger partial charge in [-0.1, -0.05) is 54.0 Å². The zero-order valence-electron chi connectivity index (χ0n) is 12.2. The van der Waals surface area contributed by atoms with Crippen LogP contribution in [-0.4, -0.2) is 6.54 Å². The van der Waals surface area contributed by atoms with Crippen molar-refractivity contribution in [3.8, 4) is 0 Å². The monoisotopic (exact) mass is 332 g/mol. The predicted octanol–water partition coefficient (Wildman–Crippen LogP) is 4.73. The second kappa shape index (κ2) is 5.88. The number of nitrogens with two attached hydrogens (primary N) is 1. The Labute approximate surface area is 129 Å². The average Bonchev–Trinajstić information content (AvgIpc) is 2.38. The number of nitrogens with one attached hydrogen (secondary N) is 1. The van der Waals surface area contributed by atoms with Crippen molar-refractivity contribution < 1.29 is 0 Å². The maximum absolute atomic E-state index is 6.05. The highest BCUT2D eigenvalue weighted by molar-refractivity contribution is 9.10. The minimum atomic E-state index is 0.0113. The lowest BCUT2D eigenvalue weighted by Gasteiger charge is -2.27. The zero-order valence-corrected chi connectivity index (χ0v) is 13.8. The minimum Gasteiger partial charge on any atom is -0.397 e. The largest absolute Gasteiger partial charge is 0.397 e. The molecule has 2 rings (SSSR count). The number of nitrogen functional groups attached to an aromatic ring is 1. The van der Waals surface area contributed by atoms with E-state index in [-0.39, 0.29) is 5.41 Å². The minimum absolute atomic E-state index is 0.0113. The molecular formula is C17H21BrN2. The number of benzene rings is 2. The Kier molecular flexibility index (Phi) is 4.39. The summed E-state index contributed by atoms with van der Waals surface area (Å²) < 4.78 is 1.14. The summed E-state index contributed by atoms with van der Waals surface area (Å²) in [5, 5.41) is 3.46. The fourth-order valence-electron chi connectivity index (χ4n) is 2.26. The Morgan fingerprint density at radius 3 is 2.50 bits per heavy atom.